The van der Waals surface area contributed by atoms with Crippen LogP contribution in [0.5, 0.6) is 0 Å². The fourth-order valence-corrected chi connectivity index (χ4v) is 2.58. The smallest absolute Gasteiger partial charge is 0.271 e. The Morgan fingerprint density at radius 3 is 2.48 bits per heavy atom. The third kappa shape index (κ3) is 2.14. The molecule has 0 saturated carbocycles. The molecule has 1 aliphatic rings. The summed E-state index contributed by atoms with van der Waals surface area (Å²) in [5.41, 5.74) is 4.70. The third-order valence-electron chi connectivity index (χ3n) is 3.34. The number of carbonyl (C=O) groups is 2. The van der Waals surface area contributed by atoms with E-state index < -0.39 is 22.3 Å². The van der Waals surface area contributed by atoms with E-state index in [2.05, 4.69) is 0 Å². The second-order valence-electron chi connectivity index (χ2n) is 4.67. The number of nitrogens with zero attached hydrogens (tertiary/aromatic N) is 2. The van der Waals surface area contributed by atoms with E-state index in [9.17, 15) is 24.5 Å². The molecule has 0 bridgehead atoms. The molecule has 3 rings (SSSR count). The number of aromatic nitrogens is 1. The molecule has 23 heavy (non-hydrogen) atoms. The van der Waals surface area contributed by atoms with Crippen LogP contribution in [0.3, 0.4) is 0 Å². The lowest BCUT2D eigenvalue weighted by atomic mass is 10.1. The molecule has 0 unspecified atom stereocenters. The summed E-state index contributed by atoms with van der Waals surface area (Å²) in [6.45, 7) is 0. The predicted octanol–water partition coefficient (Wildman–Crippen LogP) is 0.865. The Balaban J connectivity index is 2.29. The molecule has 2 heterocycles. The minimum absolute atomic E-state index is 0.0646. The van der Waals surface area contributed by atoms with Crippen molar-refractivity contribution in [3.63, 3.8) is 0 Å². The van der Waals surface area contributed by atoms with E-state index in [0.29, 0.717) is 0 Å². The molecule has 0 aliphatic carbocycles. The summed E-state index contributed by atoms with van der Waals surface area (Å²) in [5, 5.41) is 12.7. The Morgan fingerprint density at radius 2 is 1.87 bits per heavy atom. The second-order valence-corrected chi connectivity index (χ2v) is 5.08. The molecule has 116 valence electrons. The number of non-ortho nitro benzene ring substituents is 1. The Bertz CT molecular complexity index is 966. The van der Waals surface area contributed by atoms with Crippen LogP contribution in [0.4, 0.5) is 11.5 Å². The van der Waals surface area contributed by atoms with Crippen LogP contribution in [-0.2, 0) is 0 Å². The molecule has 3 N–H and O–H groups in total. The van der Waals surface area contributed by atoms with E-state index >= 15 is 0 Å². The molecule has 2 amide bonds. The fraction of sp³-hybridized carbons (Fsp3) is 0. The van der Waals surface area contributed by atoms with Gasteiger partial charge in [-0.25, -0.2) is 0 Å². The largest absolute Gasteiger partial charge is 0.384 e. The summed E-state index contributed by atoms with van der Waals surface area (Å²) in [7, 11) is 0. The first-order valence-electron chi connectivity index (χ1n) is 6.16. The van der Waals surface area contributed by atoms with Gasteiger partial charge in [-0.3, -0.25) is 34.4 Å². The molecule has 1 aromatic heterocycles. The third-order valence-corrected chi connectivity index (χ3v) is 3.64. The number of fused-ring (bicyclic) bond motifs is 1. The second kappa shape index (κ2) is 4.92. The number of benzene rings is 1. The number of nitrogens with one attached hydrogen (secondary N) is 1. The normalized spacial score (nSPS) is 12.9. The van der Waals surface area contributed by atoms with Crippen LogP contribution in [0.15, 0.2) is 29.1 Å². The molecule has 1 aliphatic heterocycles. The molecular formula is C13H7ClN4O5. The highest BCUT2D eigenvalue weighted by Crippen LogP contribution is 2.29. The molecule has 2 aromatic rings. The van der Waals surface area contributed by atoms with Gasteiger partial charge in [-0.2, -0.15) is 0 Å². The zero-order chi connectivity index (χ0) is 16.9. The van der Waals surface area contributed by atoms with Gasteiger partial charge in [0.05, 0.1) is 26.8 Å². The number of carbonyl (C=O) groups excluding carboxylic acids is 2. The Morgan fingerprint density at radius 1 is 1.17 bits per heavy atom. The average Bonchev–Trinajstić information content (AvgIpc) is 2.75. The molecule has 0 spiro atoms. The van der Waals surface area contributed by atoms with Crippen molar-refractivity contribution in [2.45, 2.75) is 0 Å². The maximum atomic E-state index is 12.2. The van der Waals surface area contributed by atoms with E-state index in [-0.39, 0.29) is 33.3 Å². The van der Waals surface area contributed by atoms with Gasteiger partial charge in [0.2, 0.25) is 0 Å². The van der Waals surface area contributed by atoms with Gasteiger partial charge in [0.15, 0.2) is 0 Å². The maximum Gasteiger partial charge on any atom is 0.271 e. The lowest BCUT2D eigenvalue weighted by molar-refractivity contribution is -0.384. The predicted molar refractivity (Wildman–Crippen MR) is 79.9 cm³/mol. The number of anilines is 1. The van der Waals surface area contributed by atoms with Gasteiger partial charge in [0.1, 0.15) is 5.82 Å². The molecule has 0 radical (unpaired) electrons. The van der Waals surface area contributed by atoms with Crippen molar-refractivity contribution in [3.05, 3.63) is 60.9 Å². The van der Waals surface area contributed by atoms with Gasteiger partial charge in [-0.1, -0.05) is 11.6 Å². The number of amides is 2. The number of nitro groups is 1. The Hall–Kier alpha value is -3.20. The standard InChI is InChI=1S/C13H7ClN4O5/c14-7-3-5(18(22)23)1-2-8(7)17-9(19)4-6-10(11(17)15)13(21)16-12(6)20/h1-4H,15H2,(H,16,20,21). The zero-order valence-electron chi connectivity index (χ0n) is 11.2. The Kier molecular flexibility index (Phi) is 3.15. The van der Waals surface area contributed by atoms with E-state index in [4.69, 9.17) is 17.3 Å². The number of nitro benzene ring substituents is 1. The minimum Gasteiger partial charge on any atom is -0.384 e. The van der Waals surface area contributed by atoms with Crippen molar-refractivity contribution in [3.8, 4) is 5.69 Å². The average molecular weight is 335 g/mol. The number of nitrogen functional groups attached to an aromatic ring is 1. The SMILES string of the molecule is Nc1c2c(cc(=O)n1-c1ccc([N+](=O)[O-])cc1Cl)C(=O)NC2=O. The number of hydrogen-bond donors (Lipinski definition) is 2. The van der Waals surface area contributed by atoms with E-state index in [1.165, 1.54) is 6.07 Å². The van der Waals surface area contributed by atoms with Crippen LogP contribution in [0, 0.1) is 10.1 Å². The molecule has 9 nitrogen and oxygen atoms in total. The molecule has 0 fully saturated rings. The number of imide groups is 1. The quantitative estimate of drug-likeness (QED) is 0.474. The van der Waals surface area contributed by atoms with Crippen LogP contribution >= 0.6 is 11.6 Å². The lowest BCUT2D eigenvalue weighted by Gasteiger charge is -2.13. The first-order valence-corrected chi connectivity index (χ1v) is 6.54. The van der Waals surface area contributed by atoms with Crippen LogP contribution < -0.4 is 16.6 Å². The molecule has 10 heteroatoms. The minimum atomic E-state index is -0.728. The van der Waals surface area contributed by atoms with Crippen molar-refractivity contribution < 1.29 is 14.5 Å². The number of halogens is 1. The van der Waals surface area contributed by atoms with E-state index in [1.807, 2.05) is 5.32 Å². The highest BCUT2D eigenvalue weighted by atomic mass is 35.5. The van der Waals surface area contributed by atoms with Gasteiger partial charge in [-0.15, -0.1) is 0 Å². The van der Waals surface area contributed by atoms with Crippen molar-refractivity contribution >= 4 is 34.9 Å². The van der Waals surface area contributed by atoms with Crippen LogP contribution in [0.2, 0.25) is 5.02 Å². The topological polar surface area (TPSA) is 137 Å². The zero-order valence-corrected chi connectivity index (χ0v) is 12.0. The molecular weight excluding hydrogens is 328 g/mol. The van der Waals surface area contributed by atoms with E-state index in [0.717, 1.165) is 22.8 Å². The summed E-state index contributed by atoms with van der Waals surface area (Å²) in [5.74, 6) is -1.71. The number of nitrogens with two attached hydrogens (primary N) is 1. The van der Waals surface area contributed by atoms with E-state index in [1.54, 1.807) is 0 Å². The van der Waals surface area contributed by atoms with Gasteiger partial charge in [0.25, 0.3) is 23.1 Å². The highest BCUT2D eigenvalue weighted by Gasteiger charge is 2.32. The van der Waals surface area contributed by atoms with Crippen LogP contribution in [0.1, 0.15) is 20.7 Å². The summed E-state index contributed by atoms with van der Waals surface area (Å²) in [6.07, 6.45) is 0. The van der Waals surface area contributed by atoms with Gasteiger partial charge in [0, 0.05) is 18.2 Å². The molecule has 0 saturated heterocycles. The summed E-state index contributed by atoms with van der Waals surface area (Å²) in [4.78, 5) is 45.7. The van der Waals surface area contributed by atoms with Gasteiger partial charge in [-0.05, 0) is 6.07 Å². The summed E-state index contributed by atoms with van der Waals surface area (Å²) >= 11 is 5.98. The maximum absolute atomic E-state index is 12.2. The number of hydrogen-bond acceptors (Lipinski definition) is 6. The summed E-state index contributed by atoms with van der Waals surface area (Å²) in [6, 6.07) is 4.40. The first-order chi connectivity index (χ1) is 10.8. The van der Waals surface area contributed by atoms with Crippen molar-refractivity contribution in [2.75, 3.05) is 5.73 Å². The van der Waals surface area contributed by atoms with Crippen molar-refractivity contribution in [2.24, 2.45) is 0 Å². The Labute approximate surface area is 132 Å². The number of pyridine rings is 1. The number of rotatable bonds is 2. The molecule has 0 atom stereocenters. The monoisotopic (exact) mass is 334 g/mol. The highest BCUT2D eigenvalue weighted by molar-refractivity contribution is 6.32. The van der Waals surface area contributed by atoms with Crippen LogP contribution in [-0.4, -0.2) is 21.3 Å². The van der Waals surface area contributed by atoms with Gasteiger partial charge < -0.3 is 5.73 Å². The molecule has 1 aromatic carbocycles. The van der Waals surface area contributed by atoms with Gasteiger partial charge >= 0.3 is 0 Å². The van der Waals surface area contributed by atoms with Crippen LogP contribution in [0.25, 0.3) is 5.69 Å². The lowest BCUT2D eigenvalue weighted by Crippen LogP contribution is -2.24. The van der Waals surface area contributed by atoms with Crippen molar-refractivity contribution in [1.29, 1.82) is 0 Å². The summed E-state index contributed by atoms with van der Waals surface area (Å²) < 4.78 is 0.920. The van der Waals surface area contributed by atoms with Crippen molar-refractivity contribution in [1.82, 2.24) is 9.88 Å². The first kappa shape index (κ1) is 14.7. The fourth-order valence-electron chi connectivity index (χ4n) is 2.32.